The highest BCUT2D eigenvalue weighted by atomic mass is 35.5. The maximum absolute atomic E-state index is 12.2. The summed E-state index contributed by atoms with van der Waals surface area (Å²) in [4.78, 5) is 36.4. The molecule has 1 fully saturated rings. The van der Waals surface area contributed by atoms with Gasteiger partial charge in [-0.25, -0.2) is 0 Å². The average Bonchev–Trinajstić information content (AvgIpc) is 2.43. The first-order valence-corrected chi connectivity index (χ1v) is 7.24. The Labute approximate surface area is 129 Å². The van der Waals surface area contributed by atoms with Gasteiger partial charge in [0.2, 0.25) is 0 Å². The maximum atomic E-state index is 12.2. The molecule has 0 bridgehead atoms. The minimum atomic E-state index is -1.25. The van der Waals surface area contributed by atoms with Crippen LogP contribution >= 0.6 is 11.6 Å². The van der Waals surface area contributed by atoms with Crippen LogP contribution in [0.5, 0.6) is 0 Å². The van der Waals surface area contributed by atoms with E-state index in [4.69, 9.17) is 11.6 Å². The van der Waals surface area contributed by atoms with Crippen LogP contribution in [0.15, 0.2) is 36.4 Å². The van der Waals surface area contributed by atoms with E-state index in [2.05, 4.69) is 0 Å². The van der Waals surface area contributed by atoms with E-state index in [0.29, 0.717) is 0 Å². The molecule has 0 radical (unpaired) electrons. The third-order valence-corrected chi connectivity index (χ3v) is 4.50. The zero-order valence-electron chi connectivity index (χ0n) is 12.0. The van der Waals surface area contributed by atoms with E-state index in [-0.39, 0.29) is 12.2 Å². The first-order chi connectivity index (χ1) is 9.83. The third-order valence-electron chi connectivity index (χ3n) is 3.70. The van der Waals surface area contributed by atoms with Crippen molar-refractivity contribution in [1.82, 2.24) is 0 Å². The second-order valence-electron chi connectivity index (χ2n) is 5.98. The van der Waals surface area contributed by atoms with Crippen LogP contribution in [0.1, 0.15) is 25.8 Å². The number of benzene rings is 1. The Morgan fingerprint density at radius 1 is 1.24 bits per heavy atom. The number of carbonyl (C=O) groups is 3. The van der Waals surface area contributed by atoms with Crippen LogP contribution < -0.4 is 0 Å². The van der Waals surface area contributed by atoms with E-state index in [1.165, 1.54) is 6.08 Å². The molecule has 1 saturated carbocycles. The molecule has 21 heavy (non-hydrogen) atoms. The molecular formula is C17H17ClO3. The van der Waals surface area contributed by atoms with Crippen molar-refractivity contribution in [2.75, 3.05) is 0 Å². The summed E-state index contributed by atoms with van der Waals surface area (Å²) >= 11 is 6.10. The van der Waals surface area contributed by atoms with E-state index in [1.807, 2.05) is 30.3 Å². The standard InChI is InChI=1S/C17H17ClO3/c1-17(2)10-13(20)14(15(21)16(17)18)12(19)9-8-11-6-4-3-5-7-11/h3-9,14,16H,10H2,1-2H3/b9-8+/t14-,16-/m0/s1. The molecule has 0 saturated heterocycles. The molecule has 0 aliphatic heterocycles. The number of rotatable bonds is 3. The number of Topliss-reactive ketones (excluding diaryl/α,β-unsaturated/α-hetero) is 2. The van der Waals surface area contributed by atoms with Crippen LogP contribution in [0.3, 0.4) is 0 Å². The molecule has 1 aliphatic carbocycles. The van der Waals surface area contributed by atoms with Gasteiger partial charge in [-0.2, -0.15) is 0 Å². The fourth-order valence-corrected chi connectivity index (χ4v) is 2.67. The van der Waals surface area contributed by atoms with Crippen LogP contribution in [0, 0.1) is 11.3 Å². The lowest BCUT2D eigenvalue weighted by molar-refractivity contribution is -0.143. The van der Waals surface area contributed by atoms with E-state index < -0.39 is 28.3 Å². The van der Waals surface area contributed by atoms with Gasteiger partial charge in [0, 0.05) is 6.42 Å². The Kier molecular flexibility index (Phi) is 4.43. The Morgan fingerprint density at radius 2 is 1.86 bits per heavy atom. The average molecular weight is 305 g/mol. The predicted molar refractivity (Wildman–Crippen MR) is 82.0 cm³/mol. The molecule has 1 aromatic rings. The zero-order chi connectivity index (χ0) is 15.6. The number of hydrogen-bond acceptors (Lipinski definition) is 3. The van der Waals surface area contributed by atoms with Gasteiger partial charge in [-0.15, -0.1) is 11.6 Å². The Bertz CT molecular complexity index is 602. The highest BCUT2D eigenvalue weighted by molar-refractivity contribution is 6.39. The van der Waals surface area contributed by atoms with Gasteiger partial charge in [0.15, 0.2) is 17.3 Å². The zero-order valence-corrected chi connectivity index (χ0v) is 12.8. The molecule has 0 unspecified atom stereocenters. The molecule has 2 rings (SSSR count). The molecular weight excluding hydrogens is 288 g/mol. The highest BCUT2D eigenvalue weighted by Crippen LogP contribution is 2.38. The lowest BCUT2D eigenvalue weighted by atomic mass is 9.70. The summed E-state index contributed by atoms with van der Waals surface area (Å²) in [5.74, 6) is -2.57. The largest absolute Gasteiger partial charge is 0.298 e. The van der Waals surface area contributed by atoms with Gasteiger partial charge in [0.05, 0.1) is 5.38 Å². The lowest BCUT2D eigenvalue weighted by Crippen LogP contribution is -2.49. The van der Waals surface area contributed by atoms with Crippen LogP contribution in [0.4, 0.5) is 0 Å². The van der Waals surface area contributed by atoms with Crippen molar-refractivity contribution >= 4 is 35.0 Å². The van der Waals surface area contributed by atoms with Crippen molar-refractivity contribution in [2.24, 2.45) is 11.3 Å². The SMILES string of the molecule is CC1(C)CC(=O)[C@H](C(=O)/C=C/c2ccccc2)C(=O)[C@@H]1Cl. The minimum absolute atomic E-state index is 0.141. The third kappa shape index (κ3) is 3.30. The van der Waals surface area contributed by atoms with Gasteiger partial charge >= 0.3 is 0 Å². The topological polar surface area (TPSA) is 51.2 Å². The number of allylic oxidation sites excluding steroid dienone is 1. The summed E-state index contributed by atoms with van der Waals surface area (Å²) in [7, 11) is 0. The van der Waals surface area contributed by atoms with Crippen molar-refractivity contribution in [3.8, 4) is 0 Å². The van der Waals surface area contributed by atoms with Crippen molar-refractivity contribution in [2.45, 2.75) is 25.6 Å². The fourth-order valence-electron chi connectivity index (χ4n) is 2.47. The molecule has 1 aromatic carbocycles. The molecule has 4 heteroatoms. The molecule has 2 atom stereocenters. The fraction of sp³-hybridized carbons (Fsp3) is 0.353. The number of ketones is 3. The number of carbonyl (C=O) groups excluding carboxylic acids is 3. The first kappa shape index (κ1) is 15.6. The molecule has 0 amide bonds. The summed E-state index contributed by atoms with van der Waals surface area (Å²) in [6.07, 6.45) is 3.03. The quantitative estimate of drug-likeness (QED) is 0.490. The van der Waals surface area contributed by atoms with Crippen LogP contribution in [-0.4, -0.2) is 22.7 Å². The Hall–Kier alpha value is -1.74. The number of hydrogen-bond donors (Lipinski definition) is 0. The van der Waals surface area contributed by atoms with Gasteiger partial charge in [0.1, 0.15) is 5.92 Å². The maximum Gasteiger partial charge on any atom is 0.173 e. The second-order valence-corrected chi connectivity index (χ2v) is 6.41. The molecule has 1 aliphatic rings. The Balaban J connectivity index is 2.18. The van der Waals surface area contributed by atoms with Gasteiger partial charge in [-0.05, 0) is 17.1 Å². The van der Waals surface area contributed by atoms with Crippen LogP contribution in [0.2, 0.25) is 0 Å². The summed E-state index contributed by atoms with van der Waals surface area (Å²) in [6, 6.07) is 9.23. The van der Waals surface area contributed by atoms with Crippen molar-refractivity contribution in [1.29, 1.82) is 0 Å². The number of alkyl halides is 1. The van der Waals surface area contributed by atoms with E-state index in [9.17, 15) is 14.4 Å². The highest BCUT2D eigenvalue weighted by Gasteiger charge is 2.48. The van der Waals surface area contributed by atoms with Crippen molar-refractivity contribution in [3.05, 3.63) is 42.0 Å². The summed E-state index contributed by atoms with van der Waals surface area (Å²) in [6.45, 7) is 3.53. The molecule has 0 heterocycles. The molecule has 0 aromatic heterocycles. The van der Waals surface area contributed by atoms with Crippen LogP contribution in [0.25, 0.3) is 6.08 Å². The van der Waals surface area contributed by atoms with Gasteiger partial charge < -0.3 is 0 Å². The second kappa shape index (κ2) is 5.94. The van der Waals surface area contributed by atoms with E-state index >= 15 is 0 Å². The molecule has 110 valence electrons. The van der Waals surface area contributed by atoms with Gasteiger partial charge in [-0.3, -0.25) is 14.4 Å². The normalized spacial score (nSPS) is 25.3. The smallest absolute Gasteiger partial charge is 0.173 e. The summed E-state index contributed by atoms with van der Waals surface area (Å²) in [5, 5.41) is -0.811. The lowest BCUT2D eigenvalue weighted by Gasteiger charge is -2.35. The summed E-state index contributed by atoms with van der Waals surface area (Å²) in [5.41, 5.74) is 0.236. The summed E-state index contributed by atoms with van der Waals surface area (Å²) < 4.78 is 0. The Morgan fingerprint density at radius 3 is 2.48 bits per heavy atom. The minimum Gasteiger partial charge on any atom is -0.298 e. The van der Waals surface area contributed by atoms with Gasteiger partial charge in [-0.1, -0.05) is 50.3 Å². The first-order valence-electron chi connectivity index (χ1n) is 6.80. The molecule has 0 spiro atoms. The van der Waals surface area contributed by atoms with E-state index in [0.717, 1.165) is 5.56 Å². The molecule has 3 nitrogen and oxygen atoms in total. The molecule has 0 N–H and O–H groups in total. The van der Waals surface area contributed by atoms with Crippen LogP contribution in [-0.2, 0) is 14.4 Å². The van der Waals surface area contributed by atoms with Gasteiger partial charge in [0.25, 0.3) is 0 Å². The monoisotopic (exact) mass is 304 g/mol. The van der Waals surface area contributed by atoms with E-state index in [1.54, 1.807) is 19.9 Å². The number of halogens is 1. The van der Waals surface area contributed by atoms with Crippen molar-refractivity contribution < 1.29 is 14.4 Å². The predicted octanol–water partition coefficient (Wildman–Crippen LogP) is 3.06. The van der Waals surface area contributed by atoms with Crippen molar-refractivity contribution in [3.63, 3.8) is 0 Å².